The van der Waals surface area contributed by atoms with Gasteiger partial charge in [0.1, 0.15) is 11.5 Å². The highest BCUT2D eigenvalue weighted by Crippen LogP contribution is 2.25. The first-order chi connectivity index (χ1) is 12.5. The van der Waals surface area contributed by atoms with Crippen LogP contribution in [0.25, 0.3) is 0 Å². The van der Waals surface area contributed by atoms with Crippen molar-refractivity contribution in [3.05, 3.63) is 58.6 Å². The van der Waals surface area contributed by atoms with Gasteiger partial charge in [0.25, 0.3) is 5.91 Å². The maximum absolute atomic E-state index is 12.1. The number of carbonyl (C=O) groups excluding carboxylic acids is 1. The van der Waals surface area contributed by atoms with E-state index in [0.717, 1.165) is 5.56 Å². The number of benzene rings is 2. The normalized spacial score (nSPS) is 10.3. The summed E-state index contributed by atoms with van der Waals surface area (Å²) >= 11 is 5.96. The SMILES string of the molecule is N#Cc1ccc(OCC(=O)NCCc2ccc(OC(F)F)cc2)c(Cl)c1. The number of hydrogen-bond donors (Lipinski definition) is 1. The molecule has 0 heterocycles. The number of hydrogen-bond acceptors (Lipinski definition) is 4. The highest BCUT2D eigenvalue weighted by atomic mass is 35.5. The molecule has 0 saturated carbocycles. The topological polar surface area (TPSA) is 71.3 Å². The van der Waals surface area contributed by atoms with Gasteiger partial charge in [-0.2, -0.15) is 14.0 Å². The summed E-state index contributed by atoms with van der Waals surface area (Å²) in [6, 6.07) is 12.7. The fourth-order valence-corrected chi connectivity index (χ4v) is 2.30. The number of halogens is 3. The molecule has 0 fully saturated rings. The lowest BCUT2D eigenvalue weighted by Gasteiger charge is -2.09. The van der Waals surface area contributed by atoms with Crippen LogP contribution in [-0.2, 0) is 11.2 Å². The van der Waals surface area contributed by atoms with Crippen molar-refractivity contribution in [1.82, 2.24) is 5.32 Å². The van der Waals surface area contributed by atoms with Crippen LogP contribution in [0.1, 0.15) is 11.1 Å². The van der Waals surface area contributed by atoms with Crippen molar-refractivity contribution in [3.63, 3.8) is 0 Å². The molecule has 2 aromatic carbocycles. The van der Waals surface area contributed by atoms with Crippen LogP contribution in [0, 0.1) is 11.3 Å². The van der Waals surface area contributed by atoms with Gasteiger partial charge in [-0.3, -0.25) is 4.79 Å². The first kappa shape index (κ1) is 19.5. The van der Waals surface area contributed by atoms with Gasteiger partial charge in [-0.1, -0.05) is 23.7 Å². The quantitative estimate of drug-likeness (QED) is 0.760. The van der Waals surface area contributed by atoms with E-state index >= 15 is 0 Å². The van der Waals surface area contributed by atoms with E-state index in [1.165, 1.54) is 24.3 Å². The lowest BCUT2D eigenvalue weighted by Crippen LogP contribution is -2.30. The zero-order valence-corrected chi connectivity index (χ0v) is 14.3. The van der Waals surface area contributed by atoms with Crippen molar-refractivity contribution in [2.24, 2.45) is 0 Å². The zero-order chi connectivity index (χ0) is 18.9. The number of ether oxygens (including phenoxy) is 2. The first-order valence-electron chi connectivity index (χ1n) is 7.61. The fourth-order valence-electron chi connectivity index (χ4n) is 2.07. The molecule has 2 aromatic rings. The Morgan fingerprint density at radius 2 is 1.96 bits per heavy atom. The lowest BCUT2D eigenvalue weighted by atomic mass is 10.1. The second-order valence-electron chi connectivity index (χ2n) is 5.17. The molecule has 0 radical (unpaired) electrons. The molecule has 0 saturated heterocycles. The van der Waals surface area contributed by atoms with E-state index in [9.17, 15) is 13.6 Å². The fraction of sp³-hybridized carbons (Fsp3) is 0.222. The van der Waals surface area contributed by atoms with Crippen molar-refractivity contribution in [2.75, 3.05) is 13.2 Å². The number of nitrogens with one attached hydrogen (secondary N) is 1. The van der Waals surface area contributed by atoms with Crippen LogP contribution in [0.15, 0.2) is 42.5 Å². The molecule has 8 heteroatoms. The molecular weight excluding hydrogens is 366 g/mol. The molecule has 0 aliphatic heterocycles. The Morgan fingerprint density at radius 3 is 2.58 bits per heavy atom. The Kier molecular flexibility index (Phi) is 7.18. The predicted molar refractivity (Wildman–Crippen MR) is 91.4 cm³/mol. The summed E-state index contributed by atoms with van der Waals surface area (Å²) in [4.78, 5) is 11.8. The summed E-state index contributed by atoms with van der Waals surface area (Å²) in [6.07, 6.45) is 0.526. The van der Waals surface area contributed by atoms with Crippen LogP contribution in [0.5, 0.6) is 11.5 Å². The maximum Gasteiger partial charge on any atom is 0.387 e. The zero-order valence-electron chi connectivity index (χ0n) is 13.5. The summed E-state index contributed by atoms with van der Waals surface area (Å²) < 4.78 is 33.7. The highest BCUT2D eigenvalue weighted by molar-refractivity contribution is 6.32. The summed E-state index contributed by atoms with van der Waals surface area (Å²) in [7, 11) is 0. The molecular formula is C18H15ClF2N2O3. The molecule has 1 amide bonds. The number of alkyl halides is 2. The van der Waals surface area contributed by atoms with E-state index in [4.69, 9.17) is 21.6 Å². The van der Waals surface area contributed by atoms with Crippen molar-refractivity contribution in [2.45, 2.75) is 13.0 Å². The largest absolute Gasteiger partial charge is 0.482 e. The van der Waals surface area contributed by atoms with E-state index in [1.807, 2.05) is 6.07 Å². The Labute approximate surface area is 154 Å². The van der Waals surface area contributed by atoms with Crippen LogP contribution in [0.2, 0.25) is 5.02 Å². The van der Waals surface area contributed by atoms with Gasteiger partial charge in [0.2, 0.25) is 0 Å². The molecule has 0 aliphatic rings. The van der Waals surface area contributed by atoms with Gasteiger partial charge in [-0.05, 0) is 42.3 Å². The van der Waals surface area contributed by atoms with E-state index < -0.39 is 6.61 Å². The third-order valence-electron chi connectivity index (χ3n) is 3.30. The van der Waals surface area contributed by atoms with Crippen LogP contribution >= 0.6 is 11.6 Å². The summed E-state index contributed by atoms with van der Waals surface area (Å²) in [5.74, 6) is 0.0685. The molecule has 0 unspecified atom stereocenters. The minimum atomic E-state index is -2.86. The third-order valence-corrected chi connectivity index (χ3v) is 3.60. The molecule has 0 aliphatic carbocycles. The maximum atomic E-state index is 12.1. The monoisotopic (exact) mass is 380 g/mol. The minimum Gasteiger partial charge on any atom is -0.482 e. The van der Waals surface area contributed by atoms with Gasteiger partial charge in [-0.15, -0.1) is 0 Å². The van der Waals surface area contributed by atoms with E-state index in [0.29, 0.717) is 24.3 Å². The Morgan fingerprint density at radius 1 is 1.23 bits per heavy atom. The number of rotatable bonds is 8. The van der Waals surface area contributed by atoms with Crippen molar-refractivity contribution in [3.8, 4) is 17.6 Å². The van der Waals surface area contributed by atoms with Crippen molar-refractivity contribution < 1.29 is 23.0 Å². The second-order valence-corrected chi connectivity index (χ2v) is 5.58. The first-order valence-corrected chi connectivity index (χ1v) is 7.98. The van der Waals surface area contributed by atoms with Gasteiger partial charge in [0.15, 0.2) is 6.61 Å². The second kappa shape index (κ2) is 9.59. The molecule has 26 heavy (non-hydrogen) atoms. The molecule has 0 spiro atoms. The van der Waals surface area contributed by atoms with Gasteiger partial charge < -0.3 is 14.8 Å². The molecule has 1 N–H and O–H groups in total. The average Bonchev–Trinajstić information content (AvgIpc) is 2.61. The average molecular weight is 381 g/mol. The summed E-state index contributed by atoms with van der Waals surface area (Å²) in [5, 5.41) is 11.7. The number of carbonyl (C=O) groups is 1. The Balaban J connectivity index is 1.73. The van der Waals surface area contributed by atoms with Crippen LogP contribution < -0.4 is 14.8 Å². The predicted octanol–water partition coefficient (Wildman–Crippen LogP) is 3.55. The molecule has 0 aromatic heterocycles. The number of amides is 1. The standard InChI is InChI=1S/C18H15ClF2N2O3/c19-15-9-13(10-22)3-6-16(15)25-11-17(24)23-8-7-12-1-4-14(5-2-12)26-18(20)21/h1-6,9,18H,7-8,11H2,(H,23,24). The highest BCUT2D eigenvalue weighted by Gasteiger charge is 2.07. The third kappa shape index (κ3) is 6.22. The molecule has 5 nitrogen and oxygen atoms in total. The van der Waals surface area contributed by atoms with Crippen molar-refractivity contribution in [1.29, 1.82) is 5.26 Å². The van der Waals surface area contributed by atoms with E-state index in [1.54, 1.807) is 18.2 Å². The molecule has 0 bridgehead atoms. The van der Waals surface area contributed by atoms with Gasteiger partial charge in [-0.25, -0.2) is 0 Å². The van der Waals surface area contributed by atoms with Crippen molar-refractivity contribution >= 4 is 17.5 Å². The Bertz CT molecular complexity index is 792. The van der Waals surface area contributed by atoms with Gasteiger partial charge in [0.05, 0.1) is 16.7 Å². The molecule has 2 rings (SSSR count). The summed E-state index contributed by atoms with van der Waals surface area (Å²) in [5.41, 5.74) is 1.26. The van der Waals surface area contributed by atoms with Crippen LogP contribution in [-0.4, -0.2) is 25.7 Å². The van der Waals surface area contributed by atoms with Gasteiger partial charge in [0, 0.05) is 6.54 Å². The Hall–Kier alpha value is -2.85. The smallest absolute Gasteiger partial charge is 0.387 e. The van der Waals surface area contributed by atoms with Crippen LogP contribution in [0.4, 0.5) is 8.78 Å². The molecule has 136 valence electrons. The summed E-state index contributed by atoms with van der Waals surface area (Å²) in [6.45, 7) is -2.71. The lowest BCUT2D eigenvalue weighted by molar-refractivity contribution is -0.123. The molecule has 0 atom stereocenters. The van der Waals surface area contributed by atoms with Gasteiger partial charge >= 0.3 is 6.61 Å². The van der Waals surface area contributed by atoms with Crippen LogP contribution in [0.3, 0.4) is 0 Å². The van der Waals surface area contributed by atoms with E-state index in [2.05, 4.69) is 10.1 Å². The van der Waals surface area contributed by atoms with E-state index in [-0.39, 0.29) is 23.3 Å². The number of nitriles is 1. The minimum absolute atomic E-state index is 0.0838. The number of nitrogens with zero attached hydrogens (tertiary/aromatic N) is 1.